The molecule has 0 spiro atoms. The van der Waals surface area contributed by atoms with Gasteiger partial charge in [0.2, 0.25) is 0 Å². The predicted molar refractivity (Wildman–Crippen MR) is 125 cm³/mol. The lowest BCUT2D eigenvalue weighted by Gasteiger charge is -2.21. The predicted octanol–water partition coefficient (Wildman–Crippen LogP) is 6.11. The smallest absolute Gasteiger partial charge is 0.189 e. The molecule has 2 aromatic rings. The van der Waals surface area contributed by atoms with Gasteiger partial charge in [-0.2, -0.15) is 0 Å². The number of hydrogen-bond acceptors (Lipinski definition) is 4. The highest BCUT2D eigenvalue weighted by Crippen LogP contribution is 2.24. The van der Waals surface area contributed by atoms with E-state index in [0.717, 1.165) is 22.6 Å². The van der Waals surface area contributed by atoms with Gasteiger partial charge in [-0.3, -0.25) is 4.79 Å². The molecule has 1 fully saturated rings. The van der Waals surface area contributed by atoms with Crippen LogP contribution in [-0.2, 0) is 9.53 Å². The van der Waals surface area contributed by atoms with Gasteiger partial charge < -0.3 is 14.2 Å². The first kappa shape index (κ1) is 22.8. The molecule has 0 amide bonds. The average molecular weight is 421 g/mol. The van der Waals surface area contributed by atoms with Crippen LogP contribution >= 0.6 is 0 Å². The summed E-state index contributed by atoms with van der Waals surface area (Å²) in [5.74, 6) is 1.64. The minimum absolute atomic E-state index is 0.0243. The molecular formula is C27H32O4. The van der Waals surface area contributed by atoms with Crippen molar-refractivity contribution in [1.82, 2.24) is 0 Å². The summed E-state index contributed by atoms with van der Waals surface area (Å²) in [5, 5.41) is 0. The minimum Gasteiger partial charge on any atom is -0.488 e. The first-order valence-corrected chi connectivity index (χ1v) is 10.6. The van der Waals surface area contributed by atoms with E-state index in [2.05, 4.69) is 0 Å². The van der Waals surface area contributed by atoms with E-state index in [1.165, 1.54) is 0 Å². The third kappa shape index (κ3) is 7.11. The Balaban J connectivity index is 1.73. The molecule has 0 radical (unpaired) electrons. The summed E-state index contributed by atoms with van der Waals surface area (Å²) in [7, 11) is 0. The van der Waals surface area contributed by atoms with Crippen molar-refractivity contribution < 1.29 is 19.0 Å². The minimum atomic E-state index is -0.246. The SMILES string of the molecule is CC(C)(C)Oc1ccc(C=C2COCC(=Cc3ccc(OC(C)(C)C)cc3)C2=O)cc1. The second-order valence-corrected chi connectivity index (χ2v) is 9.73. The molecule has 164 valence electrons. The number of ether oxygens (including phenoxy) is 3. The molecule has 4 nitrogen and oxygen atoms in total. The Labute approximate surface area is 185 Å². The van der Waals surface area contributed by atoms with Crippen LogP contribution in [0, 0.1) is 0 Å². The van der Waals surface area contributed by atoms with Crippen molar-refractivity contribution in [2.75, 3.05) is 13.2 Å². The Kier molecular flexibility index (Phi) is 6.71. The summed E-state index contributed by atoms with van der Waals surface area (Å²) in [6.07, 6.45) is 3.77. The molecule has 1 heterocycles. The molecule has 0 N–H and O–H groups in total. The maximum atomic E-state index is 13.0. The normalized spacial score (nSPS) is 17.8. The standard InChI is InChI=1S/C27H32O4/c1-26(2,3)30-23-11-7-19(8-12-23)15-21-17-29-18-22(25(21)28)16-20-9-13-24(14-10-20)31-27(4,5)6/h7-16H,17-18H2,1-6H3. The van der Waals surface area contributed by atoms with Crippen LogP contribution in [0.1, 0.15) is 52.7 Å². The van der Waals surface area contributed by atoms with Gasteiger partial charge in [0.05, 0.1) is 13.2 Å². The van der Waals surface area contributed by atoms with Crippen molar-refractivity contribution in [3.05, 3.63) is 70.8 Å². The number of carbonyl (C=O) groups is 1. The molecule has 2 aromatic carbocycles. The van der Waals surface area contributed by atoms with Crippen molar-refractivity contribution in [1.29, 1.82) is 0 Å². The molecule has 0 aromatic heterocycles. The molecule has 4 heteroatoms. The summed E-state index contributed by atoms with van der Waals surface area (Å²) < 4.78 is 17.4. The van der Waals surface area contributed by atoms with E-state index >= 15 is 0 Å². The second-order valence-electron chi connectivity index (χ2n) is 9.73. The Hall–Kier alpha value is -2.85. The van der Waals surface area contributed by atoms with E-state index in [0.29, 0.717) is 24.4 Å². The van der Waals surface area contributed by atoms with E-state index in [4.69, 9.17) is 14.2 Å². The molecule has 1 aliphatic rings. The van der Waals surface area contributed by atoms with Crippen LogP contribution in [0.4, 0.5) is 0 Å². The van der Waals surface area contributed by atoms with Crippen LogP contribution in [0.5, 0.6) is 11.5 Å². The third-order valence-electron chi connectivity index (χ3n) is 4.39. The van der Waals surface area contributed by atoms with Crippen LogP contribution in [0.25, 0.3) is 12.2 Å². The van der Waals surface area contributed by atoms with Crippen LogP contribution in [0.15, 0.2) is 59.7 Å². The van der Waals surface area contributed by atoms with Gasteiger partial charge in [-0.15, -0.1) is 0 Å². The van der Waals surface area contributed by atoms with Gasteiger partial charge in [0, 0.05) is 11.1 Å². The molecular weight excluding hydrogens is 388 g/mol. The van der Waals surface area contributed by atoms with Crippen LogP contribution in [-0.4, -0.2) is 30.2 Å². The summed E-state index contributed by atoms with van der Waals surface area (Å²) in [6.45, 7) is 12.7. The number of hydrogen-bond donors (Lipinski definition) is 0. The van der Waals surface area contributed by atoms with Gasteiger partial charge in [-0.1, -0.05) is 24.3 Å². The largest absolute Gasteiger partial charge is 0.488 e. The number of rotatable bonds is 4. The van der Waals surface area contributed by atoms with E-state index < -0.39 is 0 Å². The number of Topliss-reactive ketones (excluding diaryl/α,β-unsaturated/α-hetero) is 1. The molecule has 31 heavy (non-hydrogen) atoms. The third-order valence-corrected chi connectivity index (χ3v) is 4.39. The molecule has 0 bridgehead atoms. The highest BCUT2D eigenvalue weighted by molar-refractivity contribution is 6.14. The summed E-state index contributed by atoms with van der Waals surface area (Å²) in [5.41, 5.74) is 2.69. The van der Waals surface area contributed by atoms with E-state index in [9.17, 15) is 4.79 Å². The molecule has 0 saturated carbocycles. The second kappa shape index (κ2) is 9.11. The topological polar surface area (TPSA) is 44.8 Å². The summed E-state index contributed by atoms with van der Waals surface area (Å²) in [4.78, 5) is 13.0. The van der Waals surface area contributed by atoms with Crippen molar-refractivity contribution >= 4 is 17.9 Å². The maximum Gasteiger partial charge on any atom is 0.189 e. The molecule has 0 aliphatic carbocycles. The first-order chi connectivity index (χ1) is 14.5. The molecule has 1 saturated heterocycles. The van der Waals surface area contributed by atoms with Gasteiger partial charge >= 0.3 is 0 Å². The zero-order chi connectivity index (χ0) is 22.6. The molecule has 0 unspecified atom stereocenters. The zero-order valence-corrected chi connectivity index (χ0v) is 19.3. The monoisotopic (exact) mass is 420 g/mol. The first-order valence-electron chi connectivity index (χ1n) is 10.6. The average Bonchev–Trinajstić information content (AvgIpc) is 2.66. The van der Waals surface area contributed by atoms with Crippen LogP contribution < -0.4 is 9.47 Å². The molecule has 1 aliphatic heterocycles. The van der Waals surface area contributed by atoms with E-state index in [1.807, 2.05) is 102 Å². The van der Waals surface area contributed by atoms with Gasteiger partial charge in [0.15, 0.2) is 5.78 Å². The highest BCUT2D eigenvalue weighted by atomic mass is 16.5. The maximum absolute atomic E-state index is 13.0. The lowest BCUT2D eigenvalue weighted by molar-refractivity contribution is -0.114. The lowest BCUT2D eigenvalue weighted by atomic mass is 9.98. The van der Waals surface area contributed by atoms with Gasteiger partial charge in [-0.25, -0.2) is 0 Å². The number of carbonyl (C=O) groups excluding carboxylic acids is 1. The fourth-order valence-electron chi connectivity index (χ4n) is 3.20. The van der Waals surface area contributed by atoms with Crippen LogP contribution in [0.3, 0.4) is 0 Å². The van der Waals surface area contributed by atoms with Gasteiger partial charge in [0.1, 0.15) is 22.7 Å². The highest BCUT2D eigenvalue weighted by Gasteiger charge is 2.21. The summed E-state index contributed by atoms with van der Waals surface area (Å²) in [6, 6.07) is 15.5. The van der Waals surface area contributed by atoms with Crippen molar-refractivity contribution in [2.45, 2.75) is 52.7 Å². The quantitative estimate of drug-likeness (QED) is 0.560. The van der Waals surface area contributed by atoms with Gasteiger partial charge in [-0.05, 0) is 89.1 Å². The Morgan fingerprint density at radius 1 is 0.677 bits per heavy atom. The molecule has 3 rings (SSSR count). The lowest BCUT2D eigenvalue weighted by Crippen LogP contribution is -2.23. The van der Waals surface area contributed by atoms with Crippen molar-refractivity contribution in [3.63, 3.8) is 0 Å². The Bertz CT molecular complexity index is 886. The van der Waals surface area contributed by atoms with E-state index in [-0.39, 0.29) is 17.0 Å². The van der Waals surface area contributed by atoms with Gasteiger partial charge in [0.25, 0.3) is 0 Å². The number of ketones is 1. The number of benzene rings is 2. The molecule has 0 atom stereocenters. The van der Waals surface area contributed by atoms with E-state index in [1.54, 1.807) is 0 Å². The van der Waals surface area contributed by atoms with Crippen molar-refractivity contribution in [3.8, 4) is 11.5 Å². The summed E-state index contributed by atoms with van der Waals surface area (Å²) >= 11 is 0. The fourth-order valence-corrected chi connectivity index (χ4v) is 3.20. The zero-order valence-electron chi connectivity index (χ0n) is 19.3. The van der Waals surface area contributed by atoms with Crippen LogP contribution in [0.2, 0.25) is 0 Å². The fraction of sp³-hybridized carbons (Fsp3) is 0.370. The Morgan fingerprint density at radius 3 is 1.35 bits per heavy atom. The Morgan fingerprint density at radius 2 is 1.03 bits per heavy atom. The van der Waals surface area contributed by atoms with Crippen molar-refractivity contribution in [2.24, 2.45) is 0 Å².